The Morgan fingerprint density at radius 2 is 1.75 bits per heavy atom. The SMILES string of the molecule is CCCCN(CCCC)CC1COCCO1. The number of nitrogens with zero attached hydrogens (tertiary/aromatic N) is 1. The highest BCUT2D eigenvalue weighted by molar-refractivity contribution is 4.68. The second-order valence-corrected chi connectivity index (χ2v) is 4.58. The molecule has 0 aromatic carbocycles. The highest BCUT2D eigenvalue weighted by Crippen LogP contribution is 2.06. The molecule has 96 valence electrons. The molecule has 1 unspecified atom stereocenters. The Labute approximate surface area is 100 Å². The van der Waals surface area contributed by atoms with Gasteiger partial charge in [0, 0.05) is 6.54 Å². The molecule has 1 atom stereocenters. The van der Waals surface area contributed by atoms with Crippen LogP contribution in [0.5, 0.6) is 0 Å². The summed E-state index contributed by atoms with van der Waals surface area (Å²) in [6.45, 7) is 10.2. The van der Waals surface area contributed by atoms with Crippen molar-refractivity contribution in [1.29, 1.82) is 0 Å². The summed E-state index contributed by atoms with van der Waals surface area (Å²) in [7, 11) is 0. The van der Waals surface area contributed by atoms with Gasteiger partial charge in [0.15, 0.2) is 0 Å². The van der Waals surface area contributed by atoms with Crippen LogP contribution in [0.1, 0.15) is 39.5 Å². The second kappa shape index (κ2) is 8.97. The van der Waals surface area contributed by atoms with Gasteiger partial charge in [-0.1, -0.05) is 26.7 Å². The summed E-state index contributed by atoms with van der Waals surface area (Å²) < 4.78 is 11.1. The fourth-order valence-electron chi connectivity index (χ4n) is 1.99. The predicted octanol–water partition coefficient (Wildman–Crippen LogP) is 2.30. The molecule has 0 spiro atoms. The molecule has 0 radical (unpaired) electrons. The third-order valence-electron chi connectivity index (χ3n) is 3.00. The zero-order valence-corrected chi connectivity index (χ0v) is 10.9. The lowest BCUT2D eigenvalue weighted by Gasteiger charge is -2.29. The monoisotopic (exact) mass is 229 g/mol. The summed E-state index contributed by atoms with van der Waals surface area (Å²) in [6, 6.07) is 0. The van der Waals surface area contributed by atoms with Gasteiger partial charge in [0.1, 0.15) is 0 Å². The van der Waals surface area contributed by atoms with Gasteiger partial charge in [-0.15, -0.1) is 0 Å². The van der Waals surface area contributed by atoms with Crippen LogP contribution in [-0.2, 0) is 9.47 Å². The lowest BCUT2D eigenvalue weighted by molar-refractivity contribution is -0.0976. The van der Waals surface area contributed by atoms with E-state index in [0.29, 0.717) is 6.10 Å². The molecule has 1 aliphatic rings. The molecule has 3 nitrogen and oxygen atoms in total. The van der Waals surface area contributed by atoms with E-state index in [2.05, 4.69) is 18.7 Å². The number of rotatable bonds is 8. The average molecular weight is 229 g/mol. The van der Waals surface area contributed by atoms with E-state index in [9.17, 15) is 0 Å². The van der Waals surface area contributed by atoms with Crippen molar-refractivity contribution >= 4 is 0 Å². The summed E-state index contributed by atoms with van der Waals surface area (Å²) in [6.07, 6.45) is 5.41. The number of hydrogen-bond acceptors (Lipinski definition) is 3. The molecule has 1 rings (SSSR count). The van der Waals surface area contributed by atoms with Gasteiger partial charge in [-0.2, -0.15) is 0 Å². The largest absolute Gasteiger partial charge is 0.376 e. The zero-order chi connectivity index (χ0) is 11.6. The van der Waals surface area contributed by atoms with Gasteiger partial charge >= 0.3 is 0 Å². The van der Waals surface area contributed by atoms with Crippen molar-refractivity contribution in [3.05, 3.63) is 0 Å². The predicted molar refractivity (Wildman–Crippen MR) is 66.8 cm³/mol. The van der Waals surface area contributed by atoms with Crippen LogP contribution in [-0.4, -0.2) is 50.5 Å². The Morgan fingerprint density at radius 3 is 2.25 bits per heavy atom. The van der Waals surface area contributed by atoms with E-state index in [1.807, 2.05) is 0 Å². The van der Waals surface area contributed by atoms with Gasteiger partial charge in [-0.3, -0.25) is 0 Å². The number of ether oxygens (including phenoxy) is 2. The topological polar surface area (TPSA) is 21.7 Å². The molecule has 1 aliphatic heterocycles. The minimum Gasteiger partial charge on any atom is -0.376 e. The van der Waals surface area contributed by atoms with Crippen LogP contribution >= 0.6 is 0 Å². The molecule has 3 heteroatoms. The van der Waals surface area contributed by atoms with E-state index in [1.165, 1.54) is 38.8 Å². The van der Waals surface area contributed by atoms with E-state index in [1.54, 1.807) is 0 Å². The summed E-state index contributed by atoms with van der Waals surface area (Å²) in [5.41, 5.74) is 0. The smallest absolute Gasteiger partial charge is 0.0936 e. The highest BCUT2D eigenvalue weighted by Gasteiger charge is 2.17. The molecule has 0 amide bonds. The minimum atomic E-state index is 0.294. The van der Waals surface area contributed by atoms with Crippen LogP contribution in [0.25, 0.3) is 0 Å². The van der Waals surface area contributed by atoms with Crippen LogP contribution < -0.4 is 0 Å². The first-order valence-electron chi connectivity index (χ1n) is 6.78. The number of unbranched alkanes of at least 4 members (excludes halogenated alkanes) is 2. The van der Waals surface area contributed by atoms with Crippen molar-refractivity contribution in [1.82, 2.24) is 4.90 Å². The van der Waals surface area contributed by atoms with Crippen LogP contribution in [0, 0.1) is 0 Å². The molecule has 0 aromatic rings. The molecule has 0 aliphatic carbocycles. The van der Waals surface area contributed by atoms with E-state index in [-0.39, 0.29) is 0 Å². The van der Waals surface area contributed by atoms with Crippen molar-refractivity contribution in [3.63, 3.8) is 0 Å². The van der Waals surface area contributed by atoms with Gasteiger partial charge < -0.3 is 14.4 Å². The second-order valence-electron chi connectivity index (χ2n) is 4.58. The fraction of sp³-hybridized carbons (Fsp3) is 1.00. The van der Waals surface area contributed by atoms with Crippen LogP contribution in [0.15, 0.2) is 0 Å². The zero-order valence-electron chi connectivity index (χ0n) is 10.9. The Kier molecular flexibility index (Phi) is 7.81. The molecule has 1 heterocycles. The molecule has 0 N–H and O–H groups in total. The first-order chi connectivity index (χ1) is 7.86. The lowest BCUT2D eigenvalue weighted by atomic mass is 10.2. The van der Waals surface area contributed by atoms with Gasteiger partial charge in [-0.25, -0.2) is 0 Å². The molecular weight excluding hydrogens is 202 g/mol. The number of hydrogen-bond donors (Lipinski definition) is 0. The molecule has 0 saturated carbocycles. The van der Waals surface area contributed by atoms with Crippen molar-refractivity contribution < 1.29 is 9.47 Å². The summed E-state index contributed by atoms with van der Waals surface area (Å²) in [5.74, 6) is 0. The van der Waals surface area contributed by atoms with Gasteiger partial charge in [-0.05, 0) is 25.9 Å². The minimum absolute atomic E-state index is 0.294. The maximum atomic E-state index is 5.70. The highest BCUT2D eigenvalue weighted by atomic mass is 16.6. The summed E-state index contributed by atoms with van der Waals surface area (Å²) in [5, 5.41) is 0. The average Bonchev–Trinajstić information content (AvgIpc) is 2.34. The summed E-state index contributed by atoms with van der Waals surface area (Å²) in [4.78, 5) is 2.53. The van der Waals surface area contributed by atoms with E-state index >= 15 is 0 Å². The maximum absolute atomic E-state index is 5.70. The van der Waals surface area contributed by atoms with Crippen molar-refractivity contribution in [2.45, 2.75) is 45.6 Å². The molecule has 1 saturated heterocycles. The van der Waals surface area contributed by atoms with Crippen LogP contribution in [0.2, 0.25) is 0 Å². The molecule has 0 bridgehead atoms. The molecule has 0 aromatic heterocycles. The molecular formula is C13H27NO2. The van der Waals surface area contributed by atoms with Crippen molar-refractivity contribution in [2.24, 2.45) is 0 Å². The van der Waals surface area contributed by atoms with Crippen LogP contribution in [0.4, 0.5) is 0 Å². The lowest BCUT2D eigenvalue weighted by Crippen LogP contribution is -2.40. The fourth-order valence-corrected chi connectivity index (χ4v) is 1.99. The van der Waals surface area contributed by atoms with Crippen molar-refractivity contribution in [3.8, 4) is 0 Å². The van der Waals surface area contributed by atoms with Crippen molar-refractivity contribution in [2.75, 3.05) is 39.5 Å². The first-order valence-corrected chi connectivity index (χ1v) is 6.78. The third-order valence-corrected chi connectivity index (χ3v) is 3.00. The van der Waals surface area contributed by atoms with Crippen LogP contribution in [0.3, 0.4) is 0 Å². The van der Waals surface area contributed by atoms with E-state index in [0.717, 1.165) is 26.4 Å². The standard InChI is InChI=1S/C13H27NO2/c1-3-5-7-14(8-6-4-2)11-13-12-15-9-10-16-13/h13H,3-12H2,1-2H3. The Morgan fingerprint density at radius 1 is 1.06 bits per heavy atom. The van der Waals surface area contributed by atoms with E-state index < -0.39 is 0 Å². The normalized spacial score (nSPS) is 21.6. The first kappa shape index (κ1) is 13.9. The quantitative estimate of drug-likeness (QED) is 0.637. The molecule has 16 heavy (non-hydrogen) atoms. The third kappa shape index (κ3) is 5.83. The Balaban J connectivity index is 2.23. The van der Waals surface area contributed by atoms with Gasteiger partial charge in [0.25, 0.3) is 0 Å². The Hall–Kier alpha value is -0.120. The van der Waals surface area contributed by atoms with Gasteiger partial charge in [0.05, 0.1) is 25.9 Å². The maximum Gasteiger partial charge on any atom is 0.0936 e. The van der Waals surface area contributed by atoms with E-state index in [4.69, 9.17) is 9.47 Å². The Bertz CT molecular complexity index is 150. The van der Waals surface area contributed by atoms with Gasteiger partial charge in [0.2, 0.25) is 0 Å². The summed E-state index contributed by atoms with van der Waals surface area (Å²) >= 11 is 0. The molecule has 1 fully saturated rings.